The molecule has 0 radical (unpaired) electrons. The molecule has 29 heavy (non-hydrogen) atoms. The van der Waals surface area contributed by atoms with Crippen LogP contribution in [-0.2, 0) is 0 Å². The lowest BCUT2D eigenvalue weighted by Gasteiger charge is -2.40. The topological polar surface area (TPSA) is 58.4 Å². The highest BCUT2D eigenvalue weighted by atomic mass is 19.1. The summed E-state index contributed by atoms with van der Waals surface area (Å²) in [6.45, 7) is 1.96. The van der Waals surface area contributed by atoms with E-state index >= 15 is 0 Å². The monoisotopic (exact) mass is 393 g/mol. The molecule has 3 aromatic rings. The molecule has 0 aromatic heterocycles. The van der Waals surface area contributed by atoms with Crippen LogP contribution in [-0.4, -0.2) is 11.9 Å². The number of hydrogen-bond acceptors (Lipinski definition) is 3. The van der Waals surface area contributed by atoms with Crippen LogP contribution >= 0.6 is 0 Å². The van der Waals surface area contributed by atoms with Gasteiger partial charge in [0.05, 0.1) is 6.04 Å². The molecule has 2 atom stereocenters. The number of hydrogen-bond donors (Lipinski definition) is 2. The first kappa shape index (κ1) is 18.9. The van der Waals surface area contributed by atoms with Crippen LogP contribution in [0.3, 0.4) is 0 Å². The molecule has 4 nitrogen and oxygen atoms in total. The summed E-state index contributed by atoms with van der Waals surface area (Å²) in [5.74, 6) is -0.853. The molecule has 1 aliphatic heterocycles. The van der Waals surface area contributed by atoms with Crippen LogP contribution in [0, 0.1) is 11.6 Å². The van der Waals surface area contributed by atoms with E-state index in [0.29, 0.717) is 28.9 Å². The lowest BCUT2D eigenvalue weighted by atomic mass is 9.90. The Labute approximate surface area is 168 Å². The third kappa shape index (κ3) is 3.78. The Kier molecular flexibility index (Phi) is 4.92. The predicted octanol–water partition coefficient (Wildman–Crippen LogP) is 5.14. The lowest BCUT2D eigenvalue weighted by Crippen LogP contribution is -2.44. The van der Waals surface area contributed by atoms with E-state index < -0.39 is 0 Å². The van der Waals surface area contributed by atoms with Crippen LogP contribution in [0.2, 0.25) is 0 Å². The standard InChI is InChI=1S/C23H21F2N3O/c1-14-12-21(27-19-9-4-16(24)5-10-19)20-13-17(25)6-11-22(20)28(14)23(29)15-2-7-18(26)8-3-15/h2-11,13-14,21,27H,12,26H2,1H3/t14-,21-/m1/s1. The van der Waals surface area contributed by atoms with Gasteiger partial charge in [0.1, 0.15) is 11.6 Å². The molecule has 0 spiro atoms. The number of anilines is 3. The van der Waals surface area contributed by atoms with Crippen molar-refractivity contribution in [1.82, 2.24) is 0 Å². The highest BCUT2D eigenvalue weighted by Crippen LogP contribution is 2.40. The van der Waals surface area contributed by atoms with Crippen LogP contribution in [0.1, 0.15) is 35.3 Å². The smallest absolute Gasteiger partial charge is 0.258 e. The minimum atomic E-state index is -0.371. The number of nitrogens with two attached hydrogens (primary N) is 1. The minimum absolute atomic E-state index is 0.129. The molecule has 0 fully saturated rings. The van der Waals surface area contributed by atoms with Crippen molar-refractivity contribution in [2.75, 3.05) is 16.0 Å². The molecule has 4 rings (SSSR count). The lowest BCUT2D eigenvalue weighted by molar-refractivity contribution is 0.0974. The Morgan fingerprint density at radius 1 is 1.00 bits per heavy atom. The van der Waals surface area contributed by atoms with Crippen molar-refractivity contribution < 1.29 is 13.6 Å². The third-order valence-electron chi connectivity index (χ3n) is 5.20. The normalized spacial score (nSPS) is 18.2. The second-order valence-electron chi connectivity index (χ2n) is 7.29. The Balaban J connectivity index is 1.70. The summed E-state index contributed by atoms with van der Waals surface area (Å²) in [6, 6.07) is 16.9. The zero-order valence-corrected chi connectivity index (χ0v) is 15.9. The van der Waals surface area contributed by atoms with Gasteiger partial charge in [-0.15, -0.1) is 0 Å². The van der Waals surface area contributed by atoms with Gasteiger partial charge in [-0.05, 0) is 80.1 Å². The first-order chi connectivity index (χ1) is 13.9. The molecular formula is C23H21F2N3O. The third-order valence-corrected chi connectivity index (χ3v) is 5.20. The van der Waals surface area contributed by atoms with E-state index in [2.05, 4.69) is 5.32 Å². The van der Waals surface area contributed by atoms with Crippen molar-refractivity contribution in [2.24, 2.45) is 0 Å². The highest BCUT2D eigenvalue weighted by Gasteiger charge is 2.34. The summed E-state index contributed by atoms with van der Waals surface area (Å²) in [5.41, 5.74) is 8.91. The van der Waals surface area contributed by atoms with Crippen LogP contribution in [0.15, 0.2) is 66.7 Å². The first-order valence-electron chi connectivity index (χ1n) is 9.43. The van der Waals surface area contributed by atoms with Crippen molar-refractivity contribution in [3.63, 3.8) is 0 Å². The number of benzene rings is 3. The van der Waals surface area contributed by atoms with Gasteiger partial charge in [0, 0.05) is 34.2 Å². The zero-order chi connectivity index (χ0) is 20.5. The summed E-state index contributed by atoms with van der Waals surface area (Å²) in [7, 11) is 0. The molecule has 0 unspecified atom stereocenters. The molecule has 1 heterocycles. The van der Waals surface area contributed by atoms with E-state index in [1.807, 2.05) is 6.92 Å². The quantitative estimate of drug-likeness (QED) is 0.606. The Morgan fingerprint density at radius 3 is 2.34 bits per heavy atom. The second kappa shape index (κ2) is 7.54. The van der Waals surface area contributed by atoms with Crippen molar-refractivity contribution in [1.29, 1.82) is 0 Å². The number of halogens is 2. The fourth-order valence-corrected chi connectivity index (χ4v) is 3.79. The van der Waals surface area contributed by atoms with E-state index in [1.165, 1.54) is 24.3 Å². The average Bonchev–Trinajstić information content (AvgIpc) is 2.70. The molecule has 1 aliphatic rings. The van der Waals surface area contributed by atoms with Gasteiger partial charge in [0.15, 0.2) is 0 Å². The summed E-state index contributed by atoms with van der Waals surface area (Å²) >= 11 is 0. The Bertz CT molecular complexity index is 1030. The van der Waals surface area contributed by atoms with E-state index in [0.717, 1.165) is 5.69 Å². The van der Waals surface area contributed by atoms with Crippen molar-refractivity contribution in [2.45, 2.75) is 25.4 Å². The summed E-state index contributed by atoms with van der Waals surface area (Å²) < 4.78 is 27.3. The molecule has 3 N–H and O–H groups in total. The first-order valence-corrected chi connectivity index (χ1v) is 9.43. The number of nitrogens with zero attached hydrogens (tertiary/aromatic N) is 1. The van der Waals surface area contributed by atoms with Crippen molar-refractivity contribution >= 4 is 23.0 Å². The van der Waals surface area contributed by atoms with Crippen LogP contribution in [0.4, 0.5) is 25.8 Å². The predicted molar refractivity (Wildman–Crippen MR) is 111 cm³/mol. The summed E-state index contributed by atoms with van der Waals surface area (Å²) in [4.78, 5) is 14.9. The second-order valence-corrected chi connectivity index (χ2v) is 7.29. The van der Waals surface area contributed by atoms with Gasteiger partial charge in [-0.2, -0.15) is 0 Å². The number of nitrogen functional groups attached to an aromatic ring is 1. The maximum atomic E-state index is 14.1. The number of rotatable bonds is 3. The van der Waals surface area contributed by atoms with E-state index in [1.54, 1.807) is 47.4 Å². The summed E-state index contributed by atoms with van der Waals surface area (Å²) in [6.07, 6.45) is 0.578. The van der Waals surface area contributed by atoms with Gasteiger partial charge < -0.3 is 16.0 Å². The maximum absolute atomic E-state index is 14.1. The maximum Gasteiger partial charge on any atom is 0.258 e. The fraction of sp³-hybridized carbons (Fsp3) is 0.174. The molecule has 0 saturated carbocycles. The van der Waals surface area contributed by atoms with Gasteiger partial charge >= 0.3 is 0 Å². The van der Waals surface area contributed by atoms with Crippen molar-refractivity contribution in [3.05, 3.63) is 89.5 Å². The Morgan fingerprint density at radius 2 is 1.66 bits per heavy atom. The van der Waals surface area contributed by atoms with Gasteiger partial charge in [-0.1, -0.05) is 0 Å². The fourth-order valence-electron chi connectivity index (χ4n) is 3.79. The number of fused-ring (bicyclic) bond motifs is 1. The van der Waals surface area contributed by atoms with Gasteiger partial charge in [0.2, 0.25) is 0 Å². The summed E-state index contributed by atoms with van der Waals surface area (Å²) in [5, 5.41) is 3.34. The largest absolute Gasteiger partial charge is 0.399 e. The molecule has 0 aliphatic carbocycles. The van der Waals surface area contributed by atoms with E-state index in [-0.39, 0.29) is 29.6 Å². The van der Waals surface area contributed by atoms with Crippen molar-refractivity contribution in [3.8, 4) is 0 Å². The van der Waals surface area contributed by atoms with E-state index in [4.69, 9.17) is 5.73 Å². The molecule has 3 aromatic carbocycles. The minimum Gasteiger partial charge on any atom is -0.399 e. The Hall–Kier alpha value is -3.41. The van der Waals surface area contributed by atoms with Gasteiger partial charge in [-0.25, -0.2) is 8.78 Å². The van der Waals surface area contributed by atoms with E-state index in [9.17, 15) is 13.6 Å². The zero-order valence-electron chi connectivity index (χ0n) is 15.9. The number of carbonyl (C=O) groups excluding carboxylic acids is 1. The molecular weight excluding hydrogens is 372 g/mol. The number of carbonyl (C=O) groups is 1. The highest BCUT2D eigenvalue weighted by molar-refractivity contribution is 6.07. The molecule has 0 bridgehead atoms. The molecule has 0 saturated heterocycles. The molecule has 148 valence electrons. The molecule has 6 heteroatoms. The van der Waals surface area contributed by atoms with Gasteiger partial charge in [0.25, 0.3) is 5.91 Å². The number of nitrogens with one attached hydrogen (secondary N) is 1. The van der Waals surface area contributed by atoms with Gasteiger partial charge in [-0.3, -0.25) is 4.79 Å². The van der Waals surface area contributed by atoms with Crippen LogP contribution in [0.25, 0.3) is 0 Å². The van der Waals surface area contributed by atoms with Crippen LogP contribution in [0.5, 0.6) is 0 Å². The number of amides is 1. The average molecular weight is 393 g/mol. The SMILES string of the molecule is C[C@@H]1C[C@@H](Nc2ccc(F)cc2)c2cc(F)ccc2N1C(=O)c1ccc(N)cc1. The molecule has 1 amide bonds. The van der Waals surface area contributed by atoms with Crippen LogP contribution < -0.4 is 16.0 Å².